The Hall–Kier alpha value is -2.57. The lowest BCUT2D eigenvalue weighted by Gasteiger charge is -2.31. The molecular weight excluding hydrogens is 311 g/mol. The molecule has 2 aromatic heterocycles. The van der Waals surface area contributed by atoms with Gasteiger partial charge in [-0.1, -0.05) is 6.92 Å². The highest BCUT2D eigenvalue weighted by Gasteiger charge is 2.26. The van der Waals surface area contributed by atoms with E-state index in [0.717, 1.165) is 18.2 Å². The molecule has 3 rings (SSSR count). The summed E-state index contributed by atoms with van der Waals surface area (Å²) in [4.78, 5) is 26.0. The van der Waals surface area contributed by atoms with Crippen LogP contribution in [0, 0.1) is 5.82 Å². The zero-order valence-corrected chi connectivity index (χ0v) is 13.5. The van der Waals surface area contributed by atoms with Crippen LogP contribution < -0.4 is 4.74 Å². The van der Waals surface area contributed by atoms with Crippen LogP contribution in [0.15, 0.2) is 30.9 Å². The monoisotopic (exact) mass is 330 g/mol. The lowest BCUT2D eigenvalue weighted by atomic mass is 10.1. The third-order valence-corrected chi connectivity index (χ3v) is 4.09. The number of nitrogens with zero attached hydrogens (tertiary/aromatic N) is 4. The summed E-state index contributed by atoms with van der Waals surface area (Å²) in [5.41, 5.74) is 1.12. The van der Waals surface area contributed by atoms with Crippen molar-refractivity contribution in [3.8, 4) is 6.01 Å². The van der Waals surface area contributed by atoms with Crippen LogP contribution in [-0.4, -0.2) is 45.0 Å². The van der Waals surface area contributed by atoms with Gasteiger partial charge in [0.15, 0.2) is 5.82 Å². The summed E-state index contributed by atoms with van der Waals surface area (Å²) in [6.45, 7) is 3.06. The fourth-order valence-corrected chi connectivity index (χ4v) is 2.63. The minimum absolute atomic E-state index is 0.0381. The molecule has 0 unspecified atom stereocenters. The number of hydrogen-bond donors (Lipinski definition) is 0. The number of amides is 1. The van der Waals surface area contributed by atoms with Crippen LogP contribution >= 0.6 is 0 Å². The van der Waals surface area contributed by atoms with E-state index in [1.54, 1.807) is 17.3 Å². The predicted molar refractivity (Wildman–Crippen MR) is 85.2 cm³/mol. The molecule has 0 aromatic carbocycles. The molecule has 6 nitrogen and oxygen atoms in total. The van der Waals surface area contributed by atoms with E-state index in [4.69, 9.17) is 4.74 Å². The molecular formula is C17H19FN4O2. The molecule has 1 aliphatic heterocycles. The minimum Gasteiger partial charge on any atom is -0.460 e. The first kappa shape index (κ1) is 16.3. The molecule has 1 aliphatic rings. The number of aryl methyl sites for hydroxylation is 1. The molecule has 0 saturated carbocycles. The summed E-state index contributed by atoms with van der Waals surface area (Å²) < 4.78 is 19.4. The highest BCUT2D eigenvalue weighted by atomic mass is 19.1. The summed E-state index contributed by atoms with van der Waals surface area (Å²) in [5, 5.41) is 0. The molecule has 1 saturated heterocycles. The number of hydrogen-bond acceptors (Lipinski definition) is 5. The molecule has 0 atom stereocenters. The summed E-state index contributed by atoms with van der Waals surface area (Å²) in [6, 6.07) is 1.76. The van der Waals surface area contributed by atoms with Gasteiger partial charge in [0.2, 0.25) is 0 Å². The normalized spacial score (nSPS) is 15.3. The number of ether oxygens (including phenoxy) is 1. The number of piperidine rings is 1. The van der Waals surface area contributed by atoms with E-state index in [2.05, 4.69) is 15.0 Å². The average molecular weight is 330 g/mol. The van der Waals surface area contributed by atoms with Gasteiger partial charge in [0.1, 0.15) is 6.10 Å². The lowest BCUT2D eigenvalue weighted by molar-refractivity contribution is 0.0574. The fraction of sp³-hybridized carbons (Fsp3) is 0.412. The highest BCUT2D eigenvalue weighted by Crippen LogP contribution is 2.18. The van der Waals surface area contributed by atoms with Gasteiger partial charge in [-0.3, -0.25) is 9.78 Å². The second-order valence-electron chi connectivity index (χ2n) is 5.69. The standard InChI is InChI=1S/C17H19FN4O2/c1-2-12-9-20-17(21-10-12)24-13-4-7-22(8-5-13)16(23)14-3-6-19-11-15(14)18/h3,6,9-11,13H,2,4-5,7-8H2,1H3. The molecule has 2 aromatic rings. The predicted octanol–water partition coefficient (Wildman–Crippen LogP) is 2.26. The number of rotatable bonds is 4. The van der Waals surface area contributed by atoms with E-state index >= 15 is 0 Å². The smallest absolute Gasteiger partial charge is 0.316 e. The van der Waals surface area contributed by atoms with Crippen molar-refractivity contribution >= 4 is 5.91 Å². The molecule has 0 N–H and O–H groups in total. The van der Waals surface area contributed by atoms with E-state index in [1.807, 2.05) is 6.92 Å². The quantitative estimate of drug-likeness (QED) is 0.860. The third-order valence-electron chi connectivity index (χ3n) is 4.09. The van der Waals surface area contributed by atoms with Crippen molar-refractivity contribution in [3.05, 3.63) is 47.8 Å². The second-order valence-corrected chi connectivity index (χ2v) is 5.69. The van der Waals surface area contributed by atoms with Gasteiger partial charge in [0.25, 0.3) is 5.91 Å². The van der Waals surface area contributed by atoms with Crippen molar-refractivity contribution in [2.24, 2.45) is 0 Å². The highest BCUT2D eigenvalue weighted by molar-refractivity contribution is 5.94. The van der Waals surface area contributed by atoms with E-state index in [0.29, 0.717) is 31.9 Å². The van der Waals surface area contributed by atoms with Gasteiger partial charge in [0, 0.05) is 44.5 Å². The van der Waals surface area contributed by atoms with Crippen LogP contribution in [0.2, 0.25) is 0 Å². The zero-order chi connectivity index (χ0) is 16.9. The lowest BCUT2D eigenvalue weighted by Crippen LogP contribution is -2.42. The van der Waals surface area contributed by atoms with Gasteiger partial charge in [-0.15, -0.1) is 0 Å². The summed E-state index contributed by atoms with van der Waals surface area (Å²) in [6.07, 6.45) is 8.16. The number of carbonyl (C=O) groups excluding carboxylic acids is 1. The number of halogens is 1. The maximum Gasteiger partial charge on any atom is 0.316 e. The van der Waals surface area contributed by atoms with Crippen molar-refractivity contribution in [1.29, 1.82) is 0 Å². The average Bonchev–Trinajstić information content (AvgIpc) is 2.63. The Morgan fingerprint density at radius 3 is 2.62 bits per heavy atom. The Morgan fingerprint density at radius 1 is 1.29 bits per heavy atom. The molecule has 0 radical (unpaired) electrons. The van der Waals surface area contributed by atoms with Gasteiger partial charge >= 0.3 is 6.01 Å². The van der Waals surface area contributed by atoms with Crippen molar-refractivity contribution in [2.45, 2.75) is 32.3 Å². The zero-order valence-electron chi connectivity index (χ0n) is 13.5. The van der Waals surface area contributed by atoms with Crippen molar-refractivity contribution in [2.75, 3.05) is 13.1 Å². The van der Waals surface area contributed by atoms with Crippen molar-refractivity contribution in [3.63, 3.8) is 0 Å². The van der Waals surface area contributed by atoms with Crippen molar-refractivity contribution < 1.29 is 13.9 Å². The van der Waals surface area contributed by atoms with Crippen LogP contribution in [0.3, 0.4) is 0 Å². The fourth-order valence-electron chi connectivity index (χ4n) is 2.63. The van der Waals surface area contributed by atoms with Gasteiger partial charge in [0.05, 0.1) is 11.8 Å². The number of aromatic nitrogens is 3. The van der Waals surface area contributed by atoms with Crippen LogP contribution in [0.25, 0.3) is 0 Å². The van der Waals surface area contributed by atoms with Crippen molar-refractivity contribution in [1.82, 2.24) is 19.9 Å². The molecule has 126 valence electrons. The summed E-state index contributed by atoms with van der Waals surface area (Å²) in [7, 11) is 0. The van der Waals surface area contributed by atoms with E-state index in [-0.39, 0.29) is 17.6 Å². The molecule has 7 heteroatoms. The van der Waals surface area contributed by atoms with Crippen LogP contribution in [-0.2, 0) is 6.42 Å². The topological polar surface area (TPSA) is 68.2 Å². The van der Waals surface area contributed by atoms with E-state index in [9.17, 15) is 9.18 Å². The second kappa shape index (κ2) is 7.33. The first-order chi connectivity index (χ1) is 11.7. The van der Waals surface area contributed by atoms with Crippen LogP contribution in [0.4, 0.5) is 4.39 Å². The Morgan fingerprint density at radius 2 is 2.00 bits per heavy atom. The Kier molecular flexibility index (Phi) is 4.98. The van der Waals surface area contributed by atoms with E-state index < -0.39 is 5.82 Å². The minimum atomic E-state index is -0.592. The maximum atomic E-state index is 13.7. The molecule has 1 fully saturated rings. The Balaban J connectivity index is 1.55. The Labute approximate surface area is 139 Å². The van der Waals surface area contributed by atoms with Gasteiger partial charge in [-0.25, -0.2) is 14.4 Å². The first-order valence-electron chi connectivity index (χ1n) is 8.03. The van der Waals surface area contributed by atoms with Gasteiger partial charge in [-0.05, 0) is 18.1 Å². The number of carbonyl (C=O) groups is 1. The van der Waals surface area contributed by atoms with Gasteiger partial charge in [-0.2, -0.15) is 0 Å². The summed E-state index contributed by atoms with van der Waals surface area (Å²) >= 11 is 0. The maximum absolute atomic E-state index is 13.7. The molecule has 1 amide bonds. The molecule has 0 aliphatic carbocycles. The largest absolute Gasteiger partial charge is 0.460 e. The number of pyridine rings is 1. The molecule has 0 bridgehead atoms. The molecule has 3 heterocycles. The Bertz CT molecular complexity index is 700. The first-order valence-corrected chi connectivity index (χ1v) is 8.03. The van der Waals surface area contributed by atoms with E-state index in [1.165, 1.54) is 12.3 Å². The SMILES string of the molecule is CCc1cnc(OC2CCN(C(=O)c3ccncc3F)CC2)nc1. The molecule has 24 heavy (non-hydrogen) atoms. The number of likely N-dealkylation sites (tertiary alicyclic amines) is 1. The van der Waals surface area contributed by atoms with Crippen LogP contribution in [0.5, 0.6) is 6.01 Å². The van der Waals surface area contributed by atoms with Crippen LogP contribution in [0.1, 0.15) is 35.7 Å². The third kappa shape index (κ3) is 3.67. The molecule has 0 spiro atoms. The summed E-state index contributed by atoms with van der Waals surface area (Å²) in [5.74, 6) is -0.901. The van der Waals surface area contributed by atoms with Gasteiger partial charge < -0.3 is 9.64 Å².